The summed E-state index contributed by atoms with van der Waals surface area (Å²) in [7, 11) is 0. The molecule has 256 valence electrons. The van der Waals surface area contributed by atoms with Gasteiger partial charge in [-0.3, -0.25) is 0 Å². The molecule has 0 spiro atoms. The van der Waals surface area contributed by atoms with Crippen LogP contribution in [0.15, 0.2) is 63.8 Å². The second-order valence-electron chi connectivity index (χ2n) is 11.5. The summed E-state index contributed by atoms with van der Waals surface area (Å²) in [6.45, 7) is 24.5. The van der Waals surface area contributed by atoms with Crippen LogP contribution >= 0.6 is 0 Å². The van der Waals surface area contributed by atoms with E-state index in [1.165, 1.54) is 180 Å². The van der Waals surface area contributed by atoms with Crippen LogP contribution in [0.3, 0.4) is 0 Å². The van der Waals surface area contributed by atoms with Crippen molar-refractivity contribution in [2.24, 2.45) is 0 Å². The van der Waals surface area contributed by atoms with Crippen molar-refractivity contribution in [1.29, 1.82) is 0 Å². The second-order valence-corrected chi connectivity index (χ2v) is 11.5. The lowest BCUT2D eigenvalue weighted by Gasteiger charge is -2.05. The van der Waals surface area contributed by atoms with Gasteiger partial charge in [-0.15, -0.1) is 39.5 Å². The van der Waals surface area contributed by atoms with Crippen molar-refractivity contribution in [2.45, 2.75) is 194 Å². The van der Waals surface area contributed by atoms with Crippen LogP contribution in [0, 0.1) is 0 Å². The van der Waals surface area contributed by atoms with Gasteiger partial charge in [-0.05, 0) is 64.2 Å². The third kappa shape index (κ3) is 57.0. The van der Waals surface area contributed by atoms with Gasteiger partial charge in [0.15, 0.2) is 0 Å². The molecule has 1 nitrogen and oxygen atoms in total. The summed E-state index contributed by atoms with van der Waals surface area (Å²) in [5.74, 6) is 0. The Hall–Kier alpha value is -1.34. The smallest absolute Gasteiger partial charge is 0.0466 e. The molecule has 0 atom stereocenters. The molecule has 0 aliphatic carbocycles. The van der Waals surface area contributed by atoms with Gasteiger partial charge in [-0.25, -0.2) is 0 Å². The highest BCUT2D eigenvalue weighted by molar-refractivity contribution is 4.82. The molecule has 1 heteroatoms. The molecule has 0 amide bonds. The van der Waals surface area contributed by atoms with Gasteiger partial charge in [0.1, 0.15) is 0 Å². The molecule has 0 aromatic heterocycles. The van der Waals surface area contributed by atoms with Gasteiger partial charge >= 0.3 is 0 Å². The van der Waals surface area contributed by atoms with Crippen LogP contribution in [0.25, 0.3) is 0 Å². The first-order valence-electron chi connectivity index (χ1n) is 18.8. The fourth-order valence-corrected chi connectivity index (χ4v) is 5.01. The van der Waals surface area contributed by atoms with Gasteiger partial charge in [0.25, 0.3) is 0 Å². The molecule has 0 aromatic carbocycles. The van der Waals surface area contributed by atoms with Gasteiger partial charge in [0, 0.05) is 13.2 Å². The summed E-state index contributed by atoms with van der Waals surface area (Å²) < 4.78 is 5.85. The first-order chi connectivity index (χ1) is 21.4. The normalized spacial score (nSPS) is 10.6. The van der Waals surface area contributed by atoms with Crippen molar-refractivity contribution >= 4 is 0 Å². The molecular weight excluding hydrogens is 520 g/mol. The predicted octanol–water partition coefficient (Wildman–Crippen LogP) is 15.5. The molecule has 0 aliphatic rings. The molecule has 0 fully saturated rings. The van der Waals surface area contributed by atoms with E-state index in [4.69, 9.17) is 4.74 Å². The highest BCUT2D eigenvalue weighted by atomic mass is 16.5. The molecule has 0 bridgehead atoms. The fraction of sp³-hybridized carbons (Fsp3) is 0.762. The number of ether oxygens (including phenoxy) is 1. The molecule has 0 aliphatic heterocycles. The van der Waals surface area contributed by atoms with Crippen molar-refractivity contribution in [1.82, 2.24) is 0 Å². The van der Waals surface area contributed by atoms with E-state index in [9.17, 15) is 0 Å². The molecule has 0 saturated carbocycles. The Morgan fingerprint density at radius 3 is 0.767 bits per heavy atom. The minimum atomic E-state index is 0.978. The van der Waals surface area contributed by atoms with Crippen LogP contribution < -0.4 is 0 Å². The van der Waals surface area contributed by atoms with Crippen LogP contribution in [-0.4, -0.2) is 13.2 Å². The van der Waals surface area contributed by atoms with Crippen LogP contribution in [-0.2, 0) is 4.74 Å². The van der Waals surface area contributed by atoms with Crippen LogP contribution in [0.1, 0.15) is 194 Å². The molecule has 0 rings (SSSR count). The highest BCUT2D eigenvalue weighted by Gasteiger charge is 1.95. The standard InChI is InChI=1S/C36H70O.3C2H4/c1-3-5-7-9-11-13-15-17-19-21-23-25-27-29-31-33-35-37-36-34-32-30-28-26-24-22-20-18-16-14-12-10-8-6-4-2;3*1-2/h17-20H,3-16,21-36H2,1-2H3;3*1-2H2/b19-17-,20-18-;;;. The molecule has 0 aromatic rings. The van der Waals surface area contributed by atoms with E-state index in [2.05, 4.69) is 77.6 Å². The maximum atomic E-state index is 5.85. The molecular formula is C42H82O. The summed E-state index contributed by atoms with van der Waals surface area (Å²) in [5.41, 5.74) is 0. The highest BCUT2D eigenvalue weighted by Crippen LogP contribution is 2.12. The van der Waals surface area contributed by atoms with E-state index in [1.54, 1.807) is 0 Å². The SMILES string of the molecule is C=C.C=C.C=C.CCCCCCCC/C=C\CCCCCCCCOCCCCCCCC/C=C\CCCCCCCC. The lowest BCUT2D eigenvalue weighted by Crippen LogP contribution is -1.97. The number of hydrogen-bond donors (Lipinski definition) is 0. The Balaban J connectivity index is -0.00000118. The van der Waals surface area contributed by atoms with Crippen LogP contribution in [0.5, 0.6) is 0 Å². The first kappa shape index (κ1) is 48.6. The van der Waals surface area contributed by atoms with E-state index < -0.39 is 0 Å². The Bertz CT molecular complexity index is 435. The third-order valence-electron chi connectivity index (χ3n) is 7.60. The summed E-state index contributed by atoms with van der Waals surface area (Å²) in [6, 6.07) is 0. The Morgan fingerprint density at radius 1 is 0.302 bits per heavy atom. The maximum absolute atomic E-state index is 5.85. The van der Waals surface area contributed by atoms with Gasteiger partial charge in [-0.1, -0.05) is 154 Å². The average molecular weight is 603 g/mol. The predicted molar refractivity (Wildman–Crippen MR) is 203 cm³/mol. The molecule has 0 unspecified atom stereocenters. The summed E-state index contributed by atoms with van der Waals surface area (Å²) in [5, 5.41) is 0. The fourth-order valence-electron chi connectivity index (χ4n) is 5.01. The lowest BCUT2D eigenvalue weighted by atomic mass is 10.1. The van der Waals surface area contributed by atoms with Gasteiger partial charge in [0.2, 0.25) is 0 Å². The van der Waals surface area contributed by atoms with Crippen molar-refractivity contribution in [3.05, 3.63) is 63.8 Å². The molecule has 0 radical (unpaired) electrons. The Labute approximate surface area is 274 Å². The first-order valence-corrected chi connectivity index (χ1v) is 18.8. The largest absolute Gasteiger partial charge is 0.381 e. The Morgan fingerprint density at radius 2 is 0.512 bits per heavy atom. The number of rotatable bonds is 32. The maximum Gasteiger partial charge on any atom is 0.0466 e. The van der Waals surface area contributed by atoms with Gasteiger partial charge < -0.3 is 4.74 Å². The topological polar surface area (TPSA) is 9.23 Å². The van der Waals surface area contributed by atoms with Crippen molar-refractivity contribution in [3.63, 3.8) is 0 Å². The monoisotopic (exact) mass is 603 g/mol. The van der Waals surface area contributed by atoms with E-state index in [-0.39, 0.29) is 0 Å². The van der Waals surface area contributed by atoms with E-state index in [0.29, 0.717) is 0 Å². The minimum absolute atomic E-state index is 0.978. The zero-order chi connectivity index (χ0) is 32.7. The zero-order valence-electron chi connectivity index (χ0n) is 30.2. The van der Waals surface area contributed by atoms with E-state index >= 15 is 0 Å². The minimum Gasteiger partial charge on any atom is -0.381 e. The van der Waals surface area contributed by atoms with Crippen LogP contribution in [0.4, 0.5) is 0 Å². The van der Waals surface area contributed by atoms with E-state index in [0.717, 1.165) is 13.2 Å². The van der Waals surface area contributed by atoms with Crippen molar-refractivity contribution < 1.29 is 4.74 Å². The quantitative estimate of drug-likeness (QED) is 0.0549. The second kappa shape index (κ2) is 56.4. The third-order valence-corrected chi connectivity index (χ3v) is 7.60. The lowest BCUT2D eigenvalue weighted by molar-refractivity contribution is 0.125. The number of allylic oxidation sites excluding steroid dienone is 4. The Kier molecular flexibility index (Phi) is 63.7. The van der Waals surface area contributed by atoms with Crippen molar-refractivity contribution in [3.8, 4) is 0 Å². The number of hydrogen-bond acceptors (Lipinski definition) is 1. The molecule has 0 N–H and O–H groups in total. The zero-order valence-corrected chi connectivity index (χ0v) is 30.2. The number of unbranched alkanes of at least 4 members (excludes halogenated alkanes) is 24. The molecule has 0 heterocycles. The van der Waals surface area contributed by atoms with Crippen LogP contribution in [0.2, 0.25) is 0 Å². The summed E-state index contributed by atoms with van der Waals surface area (Å²) in [6.07, 6.45) is 48.1. The van der Waals surface area contributed by atoms with E-state index in [1.807, 2.05) is 0 Å². The molecule has 43 heavy (non-hydrogen) atoms. The molecule has 0 saturated heterocycles. The van der Waals surface area contributed by atoms with Crippen molar-refractivity contribution in [2.75, 3.05) is 13.2 Å². The average Bonchev–Trinajstić information content (AvgIpc) is 3.06. The van der Waals surface area contributed by atoms with Gasteiger partial charge in [-0.2, -0.15) is 0 Å². The van der Waals surface area contributed by atoms with Gasteiger partial charge in [0.05, 0.1) is 0 Å². The summed E-state index contributed by atoms with van der Waals surface area (Å²) in [4.78, 5) is 0. The summed E-state index contributed by atoms with van der Waals surface area (Å²) >= 11 is 0.